The SMILES string of the molecule is FC(F)(F)Oc1cccc(NC(=S)NC2CCN(Cc3cccs3)CC2)c1. The molecule has 146 valence electrons. The van der Waals surface area contributed by atoms with Crippen molar-refractivity contribution in [2.75, 3.05) is 18.4 Å². The average Bonchev–Trinajstić information content (AvgIpc) is 3.08. The summed E-state index contributed by atoms with van der Waals surface area (Å²) >= 11 is 7.06. The lowest BCUT2D eigenvalue weighted by Crippen LogP contribution is -2.45. The van der Waals surface area contributed by atoms with Gasteiger partial charge in [0, 0.05) is 42.3 Å². The van der Waals surface area contributed by atoms with Gasteiger partial charge in [0.1, 0.15) is 5.75 Å². The highest BCUT2D eigenvalue weighted by Crippen LogP contribution is 2.25. The molecule has 2 N–H and O–H groups in total. The van der Waals surface area contributed by atoms with Crippen LogP contribution in [0.25, 0.3) is 0 Å². The van der Waals surface area contributed by atoms with Gasteiger partial charge in [-0.25, -0.2) is 0 Å². The Bertz CT molecular complexity index is 745. The number of rotatable bonds is 5. The number of thiophene rings is 1. The van der Waals surface area contributed by atoms with E-state index in [9.17, 15) is 13.2 Å². The van der Waals surface area contributed by atoms with Crippen LogP contribution in [0.1, 0.15) is 17.7 Å². The Kier molecular flexibility index (Phi) is 6.56. The molecule has 0 radical (unpaired) electrons. The zero-order valence-corrected chi connectivity index (χ0v) is 16.1. The van der Waals surface area contributed by atoms with Gasteiger partial charge in [-0.2, -0.15) is 0 Å². The average molecular weight is 416 g/mol. The minimum atomic E-state index is -4.71. The van der Waals surface area contributed by atoms with Crippen molar-refractivity contribution in [3.8, 4) is 5.75 Å². The van der Waals surface area contributed by atoms with Crippen molar-refractivity contribution >= 4 is 34.4 Å². The van der Waals surface area contributed by atoms with Crippen molar-refractivity contribution in [1.29, 1.82) is 0 Å². The van der Waals surface area contributed by atoms with Crippen LogP contribution in [0.4, 0.5) is 18.9 Å². The molecule has 1 aromatic carbocycles. The van der Waals surface area contributed by atoms with Crippen LogP contribution in [0.5, 0.6) is 5.75 Å². The molecule has 1 saturated heterocycles. The summed E-state index contributed by atoms with van der Waals surface area (Å²) in [6, 6.07) is 10.1. The molecule has 9 heteroatoms. The first kappa shape index (κ1) is 19.9. The first-order valence-electron chi connectivity index (χ1n) is 8.55. The molecule has 0 unspecified atom stereocenters. The van der Waals surface area contributed by atoms with E-state index in [4.69, 9.17) is 12.2 Å². The highest BCUT2D eigenvalue weighted by atomic mass is 32.1. The van der Waals surface area contributed by atoms with E-state index in [2.05, 4.69) is 37.8 Å². The molecule has 2 aromatic rings. The third-order valence-corrected chi connectivity index (χ3v) is 5.29. The van der Waals surface area contributed by atoms with Crippen LogP contribution in [-0.4, -0.2) is 35.5 Å². The molecule has 0 spiro atoms. The van der Waals surface area contributed by atoms with Crippen LogP contribution in [-0.2, 0) is 6.54 Å². The minimum Gasteiger partial charge on any atom is -0.406 e. The molecule has 0 aliphatic carbocycles. The molecule has 0 atom stereocenters. The second-order valence-electron chi connectivity index (χ2n) is 6.30. The number of anilines is 1. The van der Waals surface area contributed by atoms with E-state index >= 15 is 0 Å². The fourth-order valence-electron chi connectivity index (χ4n) is 2.98. The number of likely N-dealkylation sites (tertiary alicyclic amines) is 1. The van der Waals surface area contributed by atoms with Crippen LogP contribution in [0.3, 0.4) is 0 Å². The Balaban J connectivity index is 1.44. The van der Waals surface area contributed by atoms with Crippen molar-refractivity contribution in [2.45, 2.75) is 31.8 Å². The van der Waals surface area contributed by atoms with Crippen LogP contribution in [0, 0.1) is 0 Å². The van der Waals surface area contributed by atoms with E-state index in [0.29, 0.717) is 10.8 Å². The van der Waals surface area contributed by atoms with Crippen molar-refractivity contribution in [1.82, 2.24) is 10.2 Å². The summed E-state index contributed by atoms with van der Waals surface area (Å²) in [5, 5.41) is 8.66. The maximum absolute atomic E-state index is 12.3. The van der Waals surface area contributed by atoms with Crippen molar-refractivity contribution < 1.29 is 17.9 Å². The summed E-state index contributed by atoms with van der Waals surface area (Å²) in [6.45, 7) is 2.93. The number of nitrogens with one attached hydrogen (secondary N) is 2. The van der Waals surface area contributed by atoms with Crippen molar-refractivity contribution in [3.63, 3.8) is 0 Å². The standard InChI is InChI=1S/C18H20F3N3OS2/c19-18(20,21)25-15-4-1-3-14(11-15)23-17(26)22-13-6-8-24(9-7-13)12-16-5-2-10-27-16/h1-5,10-11,13H,6-9,12H2,(H2,22,23,26). The molecule has 2 heterocycles. The van der Waals surface area contributed by atoms with Crippen LogP contribution in [0.15, 0.2) is 41.8 Å². The van der Waals surface area contributed by atoms with E-state index in [1.807, 2.05) is 0 Å². The summed E-state index contributed by atoms with van der Waals surface area (Å²) in [5.74, 6) is -0.280. The first-order chi connectivity index (χ1) is 12.9. The predicted molar refractivity (Wildman–Crippen MR) is 105 cm³/mol. The van der Waals surface area contributed by atoms with Gasteiger partial charge >= 0.3 is 6.36 Å². The highest BCUT2D eigenvalue weighted by molar-refractivity contribution is 7.80. The van der Waals surface area contributed by atoms with E-state index in [0.717, 1.165) is 32.5 Å². The topological polar surface area (TPSA) is 36.5 Å². The normalized spacial score (nSPS) is 16.1. The quantitative estimate of drug-likeness (QED) is 0.698. The van der Waals surface area contributed by atoms with E-state index < -0.39 is 6.36 Å². The third kappa shape index (κ3) is 6.67. The highest BCUT2D eigenvalue weighted by Gasteiger charge is 2.31. The molecular formula is C18H20F3N3OS2. The molecule has 1 aromatic heterocycles. The lowest BCUT2D eigenvalue weighted by molar-refractivity contribution is -0.274. The summed E-state index contributed by atoms with van der Waals surface area (Å²) in [6.07, 6.45) is -2.79. The van der Waals surface area contributed by atoms with Crippen LogP contribution in [0.2, 0.25) is 0 Å². The maximum atomic E-state index is 12.3. The zero-order chi connectivity index (χ0) is 19.3. The first-order valence-corrected chi connectivity index (χ1v) is 9.84. The summed E-state index contributed by atoms with van der Waals surface area (Å²) in [4.78, 5) is 3.78. The number of hydrogen-bond acceptors (Lipinski definition) is 4. The lowest BCUT2D eigenvalue weighted by Gasteiger charge is -2.32. The Hall–Kier alpha value is -1.84. The van der Waals surface area contributed by atoms with Crippen LogP contribution < -0.4 is 15.4 Å². The van der Waals surface area contributed by atoms with Crippen molar-refractivity contribution in [3.05, 3.63) is 46.7 Å². The Morgan fingerprint density at radius 2 is 2.00 bits per heavy atom. The number of halogens is 3. The monoisotopic (exact) mass is 415 g/mol. The number of benzene rings is 1. The molecule has 0 amide bonds. The summed E-state index contributed by atoms with van der Waals surface area (Å²) in [7, 11) is 0. The van der Waals surface area contributed by atoms with Crippen LogP contribution >= 0.6 is 23.6 Å². The second-order valence-corrected chi connectivity index (χ2v) is 7.74. The van der Waals surface area contributed by atoms with Gasteiger partial charge in [-0.05, 0) is 48.6 Å². The molecule has 1 fully saturated rings. The molecular weight excluding hydrogens is 395 g/mol. The van der Waals surface area contributed by atoms with E-state index in [1.54, 1.807) is 17.4 Å². The van der Waals surface area contributed by atoms with Gasteiger partial charge in [0.15, 0.2) is 5.11 Å². The van der Waals surface area contributed by atoms with Gasteiger partial charge in [0.25, 0.3) is 0 Å². The smallest absolute Gasteiger partial charge is 0.406 e. The summed E-state index contributed by atoms with van der Waals surface area (Å²) < 4.78 is 40.9. The Morgan fingerprint density at radius 1 is 1.22 bits per heavy atom. The molecule has 3 rings (SSSR count). The zero-order valence-electron chi connectivity index (χ0n) is 14.5. The van der Waals surface area contributed by atoms with E-state index in [-0.39, 0.29) is 11.8 Å². The molecule has 1 aliphatic rings. The number of alkyl halides is 3. The van der Waals surface area contributed by atoms with Gasteiger partial charge < -0.3 is 15.4 Å². The van der Waals surface area contributed by atoms with Crippen molar-refractivity contribution in [2.24, 2.45) is 0 Å². The third-order valence-electron chi connectivity index (χ3n) is 4.21. The molecule has 1 aliphatic heterocycles. The molecule has 27 heavy (non-hydrogen) atoms. The fraction of sp³-hybridized carbons (Fsp3) is 0.389. The minimum absolute atomic E-state index is 0.249. The molecule has 0 bridgehead atoms. The number of ether oxygens (including phenoxy) is 1. The Morgan fingerprint density at radius 3 is 2.67 bits per heavy atom. The molecule has 4 nitrogen and oxygen atoms in total. The number of nitrogens with zero attached hydrogens (tertiary/aromatic N) is 1. The van der Waals surface area contributed by atoms with Gasteiger partial charge in [-0.1, -0.05) is 12.1 Å². The predicted octanol–water partition coefficient (Wildman–Crippen LogP) is 4.60. The fourth-order valence-corrected chi connectivity index (χ4v) is 4.01. The number of hydrogen-bond donors (Lipinski definition) is 2. The molecule has 0 saturated carbocycles. The van der Waals surface area contributed by atoms with Gasteiger partial charge in [-0.15, -0.1) is 24.5 Å². The maximum Gasteiger partial charge on any atom is 0.573 e. The second kappa shape index (κ2) is 8.90. The number of piperidine rings is 1. The van der Waals surface area contributed by atoms with Gasteiger partial charge in [0.2, 0.25) is 0 Å². The largest absolute Gasteiger partial charge is 0.573 e. The number of thiocarbonyl (C=S) groups is 1. The van der Waals surface area contributed by atoms with Gasteiger partial charge in [0.05, 0.1) is 0 Å². The van der Waals surface area contributed by atoms with E-state index in [1.165, 1.54) is 23.1 Å². The Labute approximate surface area is 165 Å². The lowest BCUT2D eigenvalue weighted by atomic mass is 10.1. The van der Waals surface area contributed by atoms with Gasteiger partial charge in [-0.3, -0.25) is 4.90 Å². The summed E-state index contributed by atoms with van der Waals surface area (Å²) in [5.41, 5.74) is 0.449.